The summed E-state index contributed by atoms with van der Waals surface area (Å²) in [5.41, 5.74) is 4.26. The van der Waals surface area contributed by atoms with Crippen LogP contribution in [0.4, 0.5) is 10.2 Å². The van der Waals surface area contributed by atoms with Gasteiger partial charge >= 0.3 is 5.69 Å². The Labute approximate surface area is 107 Å². The van der Waals surface area contributed by atoms with Crippen molar-refractivity contribution < 1.29 is 24.8 Å². The molecule has 0 spiro atoms. The van der Waals surface area contributed by atoms with Crippen molar-refractivity contribution in [1.82, 2.24) is 9.55 Å². The lowest BCUT2D eigenvalue weighted by Crippen LogP contribution is -2.42. The molecule has 108 valence electrons. The highest BCUT2D eigenvalue weighted by Crippen LogP contribution is 2.19. The molecule has 0 saturated heterocycles. The highest BCUT2D eigenvalue weighted by Gasteiger charge is 2.33. The number of aliphatic hydroxyl groups excluding tert-OH is 4. The van der Waals surface area contributed by atoms with Crippen LogP contribution in [0.5, 0.6) is 0 Å². The van der Waals surface area contributed by atoms with Crippen LogP contribution in [0.15, 0.2) is 17.1 Å². The summed E-state index contributed by atoms with van der Waals surface area (Å²) in [5.74, 6) is -1.25. The first kappa shape index (κ1) is 15.5. The summed E-state index contributed by atoms with van der Waals surface area (Å²) in [4.78, 5) is 14.7. The average Bonchev–Trinajstić information content (AvgIpc) is 2.38. The van der Waals surface area contributed by atoms with Gasteiger partial charge in [0.25, 0.3) is 0 Å². The number of anilines is 1. The molecule has 0 aliphatic carbocycles. The molecule has 1 aromatic rings. The molecule has 3 atom stereocenters. The maximum atomic E-state index is 13.8. The summed E-state index contributed by atoms with van der Waals surface area (Å²) in [6, 6.07) is 1.18. The predicted octanol–water partition coefficient (Wildman–Crippen LogP) is -2.38. The van der Waals surface area contributed by atoms with Gasteiger partial charge in [-0.25, -0.2) is 9.18 Å². The first-order chi connectivity index (χ1) is 8.92. The lowest BCUT2D eigenvalue weighted by atomic mass is 9.99. The number of aliphatic hydroxyl groups is 4. The molecule has 8 nitrogen and oxygen atoms in total. The minimum absolute atomic E-state index is 0.0898. The Morgan fingerprint density at radius 3 is 2.42 bits per heavy atom. The summed E-state index contributed by atoms with van der Waals surface area (Å²) in [6.45, 7) is -1.33. The van der Waals surface area contributed by atoms with Gasteiger partial charge < -0.3 is 26.2 Å². The van der Waals surface area contributed by atoms with Gasteiger partial charge in [0.15, 0.2) is 12.4 Å². The largest absolute Gasteiger partial charge is 0.396 e. The summed E-state index contributed by atoms with van der Waals surface area (Å²) in [5, 5.41) is 36.8. The fraction of sp³-hybridized carbons (Fsp3) is 0.600. The molecular formula is C10H16FN3O5. The molecule has 0 radical (unpaired) electrons. The molecule has 0 aromatic carbocycles. The maximum Gasteiger partial charge on any atom is 0.351 e. The van der Waals surface area contributed by atoms with Crippen LogP contribution in [0.3, 0.4) is 0 Å². The van der Waals surface area contributed by atoms with E-state index in [1.54, 1.807) is 0 Å². The van der Waals surface area contributed by atoms with Crippen molar-refractivity contribution in [3.63, 3.8) is 0 Å². The van der Waals surface area contributed by atoms with E-state index in [9.17, 15) is 19.4 Å². The molecule has 0 aliphatic heterocycles. The number of nitrogens with two attached hydrogens (primary N) is 1. The Morgan fingerprint density at radius 2 is 1.95 bits per heavy atom. The molecule has 19 heavy (non-hydrogen) atoms. The molecule has 0 saturated carbocycles. The molecule has 0 amide bonds. The van der Waals surface area contributed by atoms with E-state index in [2.05, 4.69) is 4.98 Å². The van der Waals surface area contributed by atoms with Crippen molar-refractivity contribution in [1.29, 1.82) is 0 Å². The topological polar surface area (TPSA) is 142 Å². The summed E-state index contributed by atoms with van der Waals surface area (Å²) in [7, 11) is 0. The van der Waals surface area contributed by atoms with Gasteiger partial charge in [-0.2, -0.15) is 4.98 Å². The zero-order chi connectivity index (χ0) is 14.6. The van der Waals surface area contributed by atoms with E-state index in [1.165, 1.54) is 6.07 Å². The normalized spacial score (nSPS) is 16.3. The fourth-order valence-electron chi connectivity index (χ4n) is 1.49. The number of rotatable bonds is 6. The van der Waals surface area contributed by atoms with Gasteiger partial charge in [0.05, 0.1) is 19.3 Å². The fourth-order valence-corrected chi connectivity index (χ4v) is 1.49. The number of nitrogen functional groups attached to an aromatic ring is 1. The number of aromatic nitrogens is 2. The van der Waals surface area contributed by atoms with Gasteiger partial charge in [-0.3, -0.25) is 4.57 Å². The molecule has 1 aromatic heterocycles. The molecule has 1 rings (SSSR count). The van der Waals surface area contributed by atoms with Crippen molar-refractivity contribution in [2.24, 2.45) is 5.92 Å². The van der Waals surface area contributed by atoms with Crippen LogP contribution in [-0.4, -0.2) is 55.5 Å². The Kier molecular flexibility index (Phi) is 5.36. The lowest BCUT2D eigenvalue weighted by molar-refractivity contribution is -0.0860. The molecule has 0 unspecified atom stereocenters. The van der Waals surface area contributed by atoms with Crippen LogP contribution in [0.1, 0.15) is 6.23 Å². The summed E-state index contributed by atoms with van der Waals surface area (Å²) in [6.07, 6.45) is -5.10. The van der Waals surface area contributed by atoms with Crippen molar-refractivity contribution in [2.45, 2.75) is 18.5 Å². The highest BCUT2D eigenvalue weighted by molar-refractivity contribution is 5.23. The second-order valence-corrected chi connectivity index (χ2v) is 4.02. The quantitative estimate of drug-likeness (QED) is 0.390. The standard InChI is InChI=1S/C10H16FN3O5/c11-7(8(17)5(3-15)4-16)9(18)14-2-1-6(12)13-10(14)19/h1-2,5,7-9,15-18H,3-4H2,(H2,12,13,19)/t7-,8-,9-/m1/s1. The summed E-state index contributed by atoms with van der Waals surface area (Å²) >= 11 is 0. The predicted molar refractivity (Wildman–Crippen MR) is 62.7 cm³/mol. The molecule has 9 heteroatoms. The van der Waals surface area contributed by atoms with E-state index in [1.807, 2.05) is 0 Å². The zero-order valence-corrected chi connectivity index (χ0v) is 9.93. The van der Waals surface area contributed by atoms with Crippen LogP contribution >= 0.6 is 0 Å². The van der Waals surface area contributed by atoms with Crippen LogP contribution in [0, 0.1) is 5.92 Å². The van der Waals surface area contributed by atoms with E-state index in [-0.39, 0.29) is 5.82 Å². The van der Waals surface area contributed by atoms with Crippen molar-refractivity contribution in [3.05, 3.63) is 22.7 Å². The summed E-state index contributed by atoms with van der Waals surface area (Å²) < 4.78 is 14.4. The maximum absolute atomic E-state index is 13.8. The molecule has 1 heterocycles. The Morgan fingerprint density at radius 1 is 1.37 bits per heavy atom. The SMILES string of the molecule is Nc1ccn([C@H](O)[C@H](F)[C@H](O)C(CO)CO)c(=O)n1. The number of hydrogen-bond acceptors (Lipinski definition) is 7. The van der Waals surface area contributed by atoms with Gasteiger partial charge in [-0.1, -0.05) is 0 Å². The Balaban J connectivity index is 2.92. The minimum Gasteiger partial charge on any atom is -0.396 e. The number of alkyl halides is 1. The van der Waals surface area contributed by atoms with Crippen LogP contribution in [-0.2, 0) is 0 Å². The van der Waals surface area contributed by atoms with Crippen LogP contribution in [0.2, 0.25) is 0 Å². The van der Waals surface area contributed by atoms with E-state index in [0.717, 1.165) is 6.20 Å². The van der Waals surface area contributed by atoms with Gasteiger partial charge in [-0.15, -0.1) is 0 Å². The van der Waals surface area contributed by atoms with E-state index in [4.69, 9.17) is 15.9 Å². The van der Waals surface area contributed by atoms with Crippen molar-refractivity contribution >= 4 is 5.82 Å². The second kappa shape index (κ2) is 6.57. The minimum atomic E-state index is -2.28. The highest BCUT2D eigenvalue weighted by atomic mass is 19.1. The number of hydrogen-bond donors (Lipinski definition) is 5. The number of halogens is 1. The zero-order valence-electron chi connectivity index (χ0n) is 9.93. The van der Waals surface area contributed by atoms with E-state index >= 15 is 0 Å². The molecular weight excluding hydrogens is 261 g/mol. The molecule has 0 bridgehead atoms. The molecule has 0 fully saturated rings. The van der Waals surface area contributed by atoms with Crippen molar-refractivity contribution in [3.8, 4) is 0 Å². The lowest BCUT2D eigenvalue weighted by Gasteiger charge is -2.26. The van der Waals surface area contributed by atoms with E-state index in [0.29, 0.717) is 4.57 Å². The average molecular weight is 277 g/mol. The van der Waals surface area contributed by atoms with Crippen molar-refractivity contribution in [2.75, 3.05) is 18.9 Å². The van der Waals surface area contributed by atoms with Crippen LogP contribution < -0.4 is 11.4 Å². The first-order valence-electron chi connectivity index (χ1n) is 5.49. The third-order valence-electron chi connectivity index (χ3n) is 2.70. The van der Waals surface area contributed by atoms with Gasteiger partial charge in [-0.05, 0) is 6.07 Å². The molecule has 0 aliphatic rings. The van der Waals surface area contributed by atoms with E-state index < -0.39 is 43.3 Å². The first-order valence-corrected chi connectivity index (χ1v) is 5.49. The van der Waals surface area contributed by atoms with Gasteiger partial charge in [0.2, 0.25) is 0 Å². The Hall–Kier alpha value is -1.55. The van der Waals surface area contributed by atoms with Gasteiger partial charge in [0.1, 0.15) is 5.82 Å². The second-order valence-electron chi connectivity index (χ2n) is 4.02. The number of nitrogens with zero attached hydrogens (tertiary/aromatic N) is 2. The van der Waals surface area contributed by atoms with Crippen LogP contribution in [0.25, 0.3) is 0 Å². The Bertz CT molecular complexity index is 465. The smallest absolute Gasteiger partial charge is 0.351 e. The third kappa shape index (κ3) is 3.47. The monoisotopic (exact) mass is 277 g/mol. The third-order valence-corrected chi connectivity index (χ3v) is 2.70. The molecule has 6 N–H and O–H groups in total. The van der Waals surface area contributed by atoms with Gasteiger partial charge in [0, 0.05) is 12.1 Å².